The van der Waals surface area contributed by atoms with Crippen molar-refractivity contribution in [1.29, 1.82) is 0 Å². The smallest absolute Gasteiger partial charge is 0.631 e. The van der Waals surface area contributed by atoms with Crippen LogP contribution in [-0.4, -0.2) is 84.5 Å². The molecule has 0 aliphatic carbocycles. The number of aromatic nitrogens is 16. The number of allylic oxidation sites excluding steroid dienone is 6. The van der Waals surface area contributed by atoms with Gasteiger partial charge in [0.2, 0.25) is 0 Å². The van der Waals surface area contributed by atoms with E-state index < -0.39 is 0 Å². The molecule has 6 aliphatic rings. The number of aryl methyl sites for hydroxylation is 3. The summed E-state index contributed by atoms with van der Waals surface area (Å²) in [6.07, 6.45) is 50.3. The second-order valence-electron chi connectivity index (χ2n) is 33.3. The maximum absolute atomic E-state index is 4.39. The third kappa shape index (κ3) is 31.8. The largest absolute Gasteiger partial charge is 3.00 e. The van der Waals surface area contributed by atoms with Crippen LogP contribution >= 0.6 is 0 Å². The van der Waals surface area contributed by atoms with Crippen LogP contribution in [0.15, 0.2) is 354 Å². The second-order valence-corrected chi connectivity index (χ2v) is 33.3. The maximum atomic E-state index is 4.39. The van der Waals surface area contributed by atoms with Gasteiger partial charge in [0, 0.05) is 54.3 Å². The van der Waals surface area contributed by atoms with Crippen molar-refractivity contribution in [2.24, 2.45) is 30.0 Å². The summed E-state index contributed by atoms with van der Waals surface area (Å²) < 4.78 is 0. The summed E-state index contributed by atoms with van der Waals surface area (Å²) in [6.45, 7) is 5.80. The normalized spacial score (nSPS) is 12.7. The Morgan fingerprint density at radius 3 is 0.723 bits per heavy atom. The Morgan fingerprint density at radius 2 is 0.453 bits per heavy atom. The van der Waals surface area contributed by atoms with Gasteiger partial charge in [0.25, 0.3) is 0 Å². The van der Waals surface area contributed by atoms with E-state index in [1.807, 2.05) is 180 Å². The molecule has 6 aliphatic heterocycles. The molecule has 746 valence electrons. The van der Waals surface area contributed by atoms with Crippen LogP contribution in [0.2, 0.25) is 0 Å². The number of pyridine rings is 4. The van der Waals surface area contributed by atoms with Gasteiger partial charge in [-0.3, -0.25) is 19.9 Å². The Kier molecular flexibility index (Phi) is 43.7. The van der Waals surface area contributed by atoms with Gasteiger partial charge in [-0.05, 0) is 168 Å². The monoisotopic (exact) mass is 3020 g/mol. The molecule has 0 fully saturated rings. The molecule has 10 aromatic heterocycles. The van der Waals surface area contributed by atoms with E-state index in [2.05, 4.69) is 298 Å². The molecule has 0 N–H and O–H groups in total. The standard InChI is InChI=1S/C21H16N3.2C20H15N4.C20H14N3.2C19H13N4.CH4.6Au/c1-15-11-21(24-23-15)19-8-3-6-17(14-19)12-16-5-2-7-18(13-16)20-9-4-10-22-20;1-14-10-19(24-23-14)17-5-2-4-15(12-17)11-16-7-9-22-20(13-16)18-6-3-8-21-18;1-14-10-20(24-23-14)19-13-16(7-9-22-19)11-15-4-2-5-17(12-15)18-6-3-8-21-18;1-4-15(13-17(6-1)19-8-3-9-21-19)12-16-5-2-7-18(14-16)20-22-10-11-23-20;1-3-14(12-16(4-1)19-22-9-10-23-19)11-15-6-8-21-18(13-15)17-5-2-7-20-17;1-3-14(12-16(4-1)17-5-2-7-20-17)11-15-6-8-21-18(13-15)19-22-9-10-23-19;;;;;;;/h2-8,10-11H,9,12H2,1H3;2*2-5,7-10H,6,11H2,1H3;1-7,9-11H,8,12H2;2*1-4,6-10H,5,11H2;1H4;;;;;;/q6*-3;;6*+3. The zero-order valence-corrected chi connectivity index (χ0v) is 92.2. The zero-order chi connectivity index (χ0) is 95.5. The summed E-state index contributed by atoms with van der Waals surface area (Å²) in [6, 6.07) is 104. The van der Waals surface area contributed by atoms with E-state index in [-0.39, 0.29) is 142 Å². The summed E-state index contributed by atoms with van der Waals surface area (Å²) in [7, 11) is 0. The van der Waals surface area contributed by atoms with Crippen molar-refractivity contribution in [3.63, 3.8) is 0 Å². The number of aliphatic imine (C=N–C) groups is 6. The van der Waals surface area contributed by atoms with Crippen LogP contribution in [0.4, 0.5) is 0 Å². The van der Waals surface area contributed by atoms with E-state index in [1.54, 1.807) is 49.6 Å². The molecule has 8 aromatic carbocycles. The Bertz CT molecular complexity index is 7100. The minimum atomic E-state index is 0. The Morgan fingerprint density at radius 1 is 0.223 bits per heavy atom. The van der Waals surface area contributed by atoms with E-state index in [0.29, 0.717) is 17.3 Å². The quantitative estimate of drug-likeness (QED) is 0.0401. The van der Waals surface area contributed by atoms with Crippen molar-refractivity contribution in [1.82, 2.24) is 80.4 Å². The van der Waals surface area contributed by atoms with Crippen LogP contribution in [0.3, 0.4) is 0 Å². The molecular weight excluding hydrogens is 2930 g/mol. The number of benzene rings is 8. The third-order valence-electron chi connectivity index (χ3n) is 22.7. The molecule has 148 heavy (non-hydrogen) atoms. The minimum absolute atomic E-state index is 0. The van der Waals surface area contributed by atoms with Gasteiger partial charge in [-0.15, -0.1) is 309 Å². The molecule has 16 heterocycles. The van der Waals surface area contributed by atoms with Gasteiger partial charge < -0.3 is 90.5 Å². The zero-order valence-electron chi connectivity index (χ0n) is 79.2. The van der Waals surface area contributed by atoms with Crippen LogP contribution < -0.4 is 30.2 Å². The van der Waals surface area contributed by atoms with Crippen LogP contribution in [0.1, 0.15) is 163 Å². The summed E-state index contributed by atoms with van der Waals surface area (Å²) in [5.41, 5.74) is 35.7. The Balaban J connectivity index is 0.000000156. The van der Waals surface area contributed by atoms with E-state index >= 15 is 0 Å². The average molecular weight is 3020 g/mol. The fourth-order valence-electron chi connectivity index (χ4n) is 15.9. The first kappa shape index (κ1) is 113. The van der Waals surface area contributed by atoms with Gasteiger partial charge in [0.15, 0.2) is 0 Å². The van der Waals surface area contributed by atoms with E-state index in [1.165, 1.54) is 0 Å². The number of imidazole rings is 3. The molecule has 0 saturated heterocycles. The van der Waals surface area contributed by atoms with Gasteiger partial charge in [-0.2, -0.15) is 68.8 Å². The molecule has 0 atom stereocenters. The van der Waals surface area contributed by atoms with E-state index in [4.69, 9.17) is 0 Å². The first-order chi connectivity index (χ1) is 69.5. The predicted molar refractivity (Wildman–Crippen MR) is 553 cm³/mol. The van der Waals surface area contributed by atoms with Crippen molar-refractivity contribution in [2.75, 3.05) is 0 Å². The molecule has 0 radical (unpaired) electrons. The maximum Gasteiger partial charge on any atom is 3.00 e. The molecule has 0 unspecified atom stereocenters. The molecule has 18 aromatic rings. The topological polar surface area (TPSA) is 288 Å². The Labute approximate surface area is 956 Å². The number of hydrogen-bond acceptors (Lipinski definition) is 16. The fraction of sp³-hybridized carbons (Fsp3) is 0.133. The summed E-state index contributed by atoms with van der Waals surface area (Å²) in [4.78, 5) is 68.8. The molecule has 0 amide bonds. The molecular formula is C120H90Au6N22. The van der Waals surface area contributed by atoms with E-state index in [9.17, 15) is 0 Å². The first-order valence-corrected chi connectivity index (χ1v) is 46.1. The third-order valence-corrected chi connectivity index (χ3v) is 22.7. The fourth-order valence-corrected chi connectivity index (χ4v) is 15.9. The molecule has 0 bridgehead atoms. The first-order valence-electron chi connectivity index (χ1n) is 46.1. The van der Waals surface area contributed by atoms with Crippen molar-refractivity contribution >= 4 is 34.3 Å². The van der Waals surface area contributed by atoms with Crippen molar-refractivity contribution in [3.8, 4) is 68.2 Å². The summed E-state index contributed by atoms with van der Waals surface area (Å²) in [5, 5.41) is 24.6. The van der Waals surface area contributed by atoms with Gasteiger partial charge in [-0.25, -0.2) is 17.1 Å². The Hall–Kier alpha value is -13.5. The predicted octanol–water partition coefficient (Wildman–Crippen LogP) is 20.7. The van der Waals surface area contributed by atoms with Gasteiger partial charge in [0.1, 0.15) is 0 Å². The van der Waals surface area contributed by atoms with Crippen LogP contribution in [0.5, 0.6) is 0 Å². The van der Waals surface area contributed by atoms with Crippen LogP contribution in [0.25, 0.3) is 68.2 Å². The number of nitrogens with zero attached hydrogens (tertiary/aromatic N) is 22. The van der Waals surface area contributed by atoms with Crippen LogP contribution in [-0.2, 0) is 173 Å². The molecule has 0 saturated carbocycles. The second kappa shape index (κ2) is 57.2. The molecule has 28 heteroatoms. The number of hydrogen-bond donors (Lipinski definition) is 0. The SMILES string of the molecule is C.Cc1cc(-c2[c-]c(Cc3[c-]c(C4=NC=CC4)ccc3)ccc2)[n-]n1.Cc1cc(-c2[c-]c(Cc3[c-]c(C4=NC=CC4)ccc3)ccn2)[n-]n1.Cc1cc(-c2[c-]c(Cc3[c-]c(C4=NC=CC4)ncc3)ccc2)[n-]n1.[Au+3].[Au+3].[Au+3].[Au+3].[Au+3].[Au+3].[c-]1c(Cc2[c-]c(-c3ncc[n-]3)ccc2)cccc1C1=NC=CC1.[c-]1c(Cc2[c-]c(-c3ncc[n-]3)ncc2)cccc1C1=NC=CC1.[c-]1c(Cc2[c-]c(C3=NC=CC3)ncc2)cccc1-c1ncc[n-]1. The minimum Gasteiger partial charge on any atom is -0.631 e. The van der Waals surface area contributed by atoms with Crippen LogP contribution in [0, 0.1) is 93.6 Å². The van der Waals surface area contributed by atoms with Crippen molar-refractivity contribution in [3.05, 3.63) is 514 Å². The molecule has 0 spiro atoms. The van der Waals surface area contributed by atoms with Gasteiger partial charge in [0.05, 0.1) is 0 Å². The van der Waals surface area contributed by atoms with Crippen molar-refractivity contribution in [2.45, 2.75) is 105 Å². The van der Waals surface area contributed by atoms with Gasteiger partial charge in [-0.1, -0.05) is 105 Å². The molecule has 22 nitrogen and oxygen atoms in total. The molecule has 24 rings (SSSR count). The number of rotatable bonds is 24. The summed E-state index contributed by atoms with van der Waals surface area (Å²) in [5.74, 6) is 2.03. The van der Waals surface area contributed by atoms with E-state index in [0.717, 1.165) is 280 Å². The summed E-state index contributed by atoms with van der Waals surface area (Å²) >= 11 is 0. The van der Waals surface area contributed by atoms with Crippen molar-refractivity contribution < 1.29 is 134 Å². The van der Waals surface area contributed by atoms with Gasteiger partial charge >= 0.3 is 134 Å². The average Bonchev–Trinajstić information content (AvgIpc) is 1.62.